The number of benzene rings is 3. The number of halogens is 2. The van der Waals surface area contributed by atoms with Crippen molar-refractivity contribution in [3.05, 3.63) is 95.8 Å². The van der Waals surface area contributed by atoms with E-state index < -0.39 is 34.5 Å². The first-order chi connectivity index (χ1) is 21.5. The summed E-state index contributed by atoms with van der Waals surface area (Å²) in [6, 6.07) is 13.5. The van der Waals surface area contributed by atoms with Gasteiger partial charge in [0.25, 0.3) is 16.8 Å². The van der Waals surface area contributed by atoms with Crippen LogP contribution in [-0.2, 0) is 20.9 Å². The SMILES string of the molecule is CCOC(=O)c1cc(NC(=O)CN2C(=O)S/C(=C/c3cc(Br)c(OCc4ccc([N+](=O)[O-])cc4)c(OCC)c3)C2=O)ccc1Cl. The number of imide groups is 1. The van der Waals surface area contributed by atoms with Gasteiger partial charge in [0.2, 0.25) is 5.91 Å². The van der Waals surface area contributed by atoms with E-state index in [2.05, 4.69) is 21.2 Å². The fraction of sp³-hybridized carbons (Fsp3) is 0.200. The zero-order valence-electron chi connectivity index (χ0n) is 23.8. The average Bonchev–Trinajstić information content (AvgIpc) is 3.25. The molecule has 0 spiro atoms. The Bertz CT molecular complexity index is 1700. The molecular formula is C30H25BrClN3O9S. The Morgan fingerprint density at radius 3 is 2.47 bits per heavy atom. The van der Waals surface area contributed by atoms with Crippen LogP contribution in [0.4, 0.5) is 16.2 Å². The summed E-state index contributed by atoms with van der Waals surface area (Å²) in [4.78, 5) is 61.9. The molecule has 234 valence electrons. The van der Waals surface area contributed by atoms with Gasteiger partial charge in [-0.05, 0) is 101 Å². The number of ether oxygens (including phenoxy) is 3. The van der Waals surface area contributed by atoms with Gasteiger partial charge in [-0.2, -0.15) is 0 Å². The zero-order chi connectivity index (χ0) is 32.7. The summed E-state index contributed by atoms with van der Waals surface area (Å²) in [6.45, 7) is 3.45. The lowest BCUT2D eigenvalue weighted by molar-refractivity contribution is -0.384. The largest absolute Gasteiger partial charge is 0.490 e. The Hall–Kier alpha value is -4.40. The quantitative estimate of drug-likeness (QED) is 0.0911. The molecule has 15 heteroatoms. The normalized spacial score (nSPS) is 13.6. The molecule has 0 bridgehead atoms. The average molecular weight is 719 g/mol. The number of non-ortho nitro benzene ring substituents is 1. The Balaban J connectivity index is 1.46. The van der Waals surface area contributed by atoms with Gasteiger partial charge in [0.1, 0.15) is 13.2 Å². The van der Waals surface area contributed by atoms with Crippen LogP contribution in [0.25, 0.3) is 6.08 Å². The molecule has 12 nitrogen and oxygen atoms in total. The van der Waals surface area contributed by atoms with Crippen LogP contribution in [0.1, 0.15) is 35.3 Å². The third kappa shape index (κ3) is 8.41. The number of hydrogen-bond donors (Lipinski definition) is 1. The van der Waals surface area contributed by atoms with E-state index in [1.54, 1.807) is 38.1 Å². The van der Waals surface area contributed by atoms with Gasteiger partial charge in [0.05, 0.1) is 38.1 Å². The minimum Gasteiger partial charge on any atom is -0.490 e. The Morgan fingerprint density at radius 1 is 1.07 bits per heavy atom. The van der Waals surface area contributed by atoms with Crippen LogP contribution in [0, 0.1) is 10.1 Å². The number of nitrogens with one attached hydrogen (secondary N) is 1. The van der Waals surface area contributed by atoms with E-state index in [-0.39, 0.29) is 40.1 Å². The number of thioether (sulfide) groups is 1. The fourth-order valence-corrected chi connectivity index (χ4v) is 5.65. The van der Waals surface area contributed by atoms with Gasteiger partial charge in [-0.25, -0.2) is 4.79 Å². The van der Waals surface area contributed by atoms with Crippen LogP contribution >= 0.6 is 39.3 Å². The lowest BCUT2D eigenvalue weighted by Gasteiger charge is -2.15. The minimum absolute atomic E-state index is 0.0319. The van der Waals surface area contributed by atoms with Crippen LogP contribution in [0.2, 0.25) is 5.02 Å². The van der Waals surface area contributed by atoms with Crippen molar-refractivity contribution in [1.29, 1.82) is 0 Å². The third-order valence-corrected chi connectivity index (χ3v) is 7.91. The lowest BCUT2D eigenvalue weighted by Crippen LogP contribution is -2.36. The number of anilines is 1. The first-order valence-corrected chi connectivity index (χ1v) is 15.3. The molecule has 1 saturated heterocycles. The van der Waals surface area contributed by atoms with E-state index in [4.69, 9.17) is 25.8 Å². The van der Waals surface area contributed by atoms with Crippen LogP contribution in [0.15, 0.2) is 64.0 Å². The summed E-state index contributed by atoms with van der Waals surface area (Å²) in [5.74, 6) is -1.23. The second-order valence-corrected chi connectivity index (χ2v) is 11.5. The number of rotatable bonds is 12. The van der Waals surface area contributed by atoms with Crippen LogP contribution in [0.5, 0.6) is 11.5 Å². The number of hydrogen-bond acceptors (Lipinski definition) is 10. The molecule has 1 aliphatic heterocycles. The van der Waals surface area contributed by atoms with Gasteiger partial charge in [-0.3, -0.25) is 29.4 Å². The summed E-state index contributed by atoms with van der Waals surface area (Å²) in [5, 5.41) is 13.0. The van der Waals surface area contributed by atoms with Crippen LogP contribution in [0.3, 0.4) is 0 Å². The number of esters is 1. The second-order valence-electron chi connectivity index (χ2n) is 9.21. The summed E-state index contributed by atoms with van der Waals surface area (Å²) >= 11 is 10.2. The van der Waals surface area contributed by atoms with Crippen LogP contribution in [-0.4, -0.2) is 52.6 Å². The topological polar surface area (TPSA) is 154 Å². The van der Waals surface area contributed by atoms with Crippen molar-refractivity contribution in [2.75, 3.05) is 25.1 Å². The van der Waals surface area contributed by atoms with E-state index in [0.717, 1.165) is 4.90 Å². The van der Waals surface area contributed by atoms with E-state index in [0.29, 0.717) is 45.5 Å². The van der Waals surface area contributed by atoms with Crippen molar-refractivity contribution in [3.63, 3.8) is 0 Å². The zero-order valence-corrected chi connectivity index (χ0v) is 27.0. The molecule has 4 rings (SSSR count). The van der Waals surface area contributed by atoms with E-state index >= 15 is 0 Å². The highest BCUT2D eigenvalue weighted by Crippen LogP contribution is 2.40. The molecular weight excluding hydrogens is 694 g/mol. The molecule has 1 aliphatic rings. The molecule has 3 aromatic rings. The predicted octanol–water partition coefficient (Wildman–Crippen LogP) is 6.84. The first kappa shape index (κ1) is 33.5. The molecule has 0 aliphatic carbocycles. The molecule has 0 atom stereocenters. The van der Waals surface area contributed by atoms with E-state index in [1.807, 2.05) is 0 Å². The molecule has 3 aromatic carbocycles. The third-order valence-electron chi connectivity index (χ3n) is 6.08. The number of nitro groups is 1. The maximum Gasteiger partial charge on any atom is 0.339 e. The number of carbonyl (C=O) groups is 4. The molecule has 0 saturated carbocycles. The van der Waals surface area contributed by atoms with E-state index in [9.17, 15) is 29.3 Å². The molecule has 0 radical (unpaired) electrons. The highest BCUT2D eigenvalue weighted by molar-refractivity contribution is 9.10. The summed E-state index contributed by atoms with van der Waals surface area (Å²) in [5.41, 5.74) is 1.49. The molecule has 3 amide bonds. The van der Waals surface area contributed by atoms with Crippen LogP contribution < -0.4 is 14.8 Å². The second kappa shape index (κ2) is 15.1. The van der Waals surface area contributed by atoms with Crippen molar-refractivity contribution in [2.45, 2.75) is 20.5 Å². The lowest BCUT2D eigenvalue weighted by atomic mass is 10.1. The summed E-state index contributed by atoms with van der Waals surface area (Å²) in [6.07, 6.45) is 1.50. The van der Waals surface area contributed by atoms with Gasteiger partial charge in [-0.1, -0.05) is 11.6 Å². The maximum absolute atomic E-state index is 13.1. The summed E-state index contributed by atoms with van der Waals surface area (Å²) in [7, 11) is 0. The summed E-state index contributed by atoms with van der Waals surface area (Å²) < 4.78 is 17.2. The van der Waals surface area contributed by atoms with Crippen molar-refractivity contribution in [3.8, 4) is 11.5 Å². The Labute approximate surface area is 274 Å². The predicted molar refractivity (Wildman–Crippen MR) is 171 cm³/mol. The number of amides is 3. The fourth-order valence-electron chi connectivity index (χ4n) is 4.04. The molecule has 1 heterocycles. The minimum atomic E-state index is -0.661. The van der Waals surface area contributed by atoms with E-state index in [1.165, 1.54) is 36.4 Å². The number of nitro benzene ring substituents is 1. The van der Waals surface area contributed by atoms with Gasteiger partial charge in [0, 0.05) is 17.8 Å². The molecule has 1 fully saturated rings. The standard InChI is InChI=1S/C30H25BrClN3O9S/c1-3-42-24-12-18(11-22(31)27(24)44-16-17-5-8-20(9-6-17)35(40)41)13-25-28(37)34(30(39)45-25)15-26(36)33-19-7-10-23(32)21(14-19)29(38)43-4-2/h5-14H,3-4,15-16H2,1-2H3,(H,33,36)/b25-13+. The van der Waals surface area contributed by atoms with Gasteiger partial charge >= 0.3 is 5.97 Å². The van der Waals surface area contributed by atoms with Crippen molar-refractivity contribution >= 4 is 79.8 Å². The van der Waals surface area contributed by atoms with Crippen molar-refractivity contribution in [2.24, 2.45) is 0 Å². The van der Waals surface area contributed by atoms with Gasteiger partial charge in [0.15, 0.2) is 11.5 Å². The molecule has 0 aromatic heterocycles. The first-order valence-electron chi connectivity index (χ1n) is 13.3. The van der Waals surface area contributed by atoms with Gasteiger partial charge in [-0.15, -0.1) is 0 Å². The molecule has 45 heavy (non-hydrogen) atoms. The molecule has 1 N–H and O–H groups in total. The van der Waals surface area contributed by atoms with Crippen molar-refractivity contribution < 1.29 is 38.3 Å². The Kier molecular flexibility index (Phi) is 11.2. The smallest absolute Gasteiger partial charge is 0.339 e. The number of nitrogens with zero attached hydrogens (tertiary/aromatic N) is 2. The van der Waals surface area contributed by atoms with Crippen molar-refractivity contribution in [1.82, 2.24) is 4.90 Å². The highest BCUT2D eigenvalue weighted by atomic mass is 79.9. The van der Waals surface area contributed by atoms with Gasteiger partial charge < -0.3 is 19.5 Å². The number of carbonyl (C=O) groups excluding carboxylic acids is 4. The highest BCUT2D eigenvalue weighted by Gasteiger charge is 2.36. The monoisotopic (exact) mass is 717 g/mol. The molecule has 0 unspecified atom stereocenters. The maximum atomic E-state index is 13.1. The Morgan fingerprint density at radius 2 is 1.80 bits per heavy atom.